The van der Waals surface area contributed by atoms with Crippen molar-refractivity contribution in [3.05, 3.63) is 38.4 Å². The van der Waals surface area contributed by atoms with Crippen molar-refractivity contribution in [1.82, 2.24) is 4.37 Å². The van der Waals surface area contributed by atoms with Gasteiger partial charge in [0.15, 0.2) is 0 Å². The normalized spacial score (nSPS) is 10.5. The van der Waals surface area contributed by atoms with Gasteiger partial charge in [0.2, 0.25) is 0 Å². The third-order valence-electron chi connectivity index (χ3n) is 2.84. The molecule has 0 aliphatic rings. The molecule has 0 amide bonds. The predicted octanol–water partition coefficient (Wildman–Crippen LogP) is 5.10. The maximum Gasteiger partial charge on any atom is 0.343 e. The highest BCUT2D eigenvalue weighted by Crippen LogP contribution is 2.35. The van der Waals surface area contributed by atoms with Crippen LogP contribution in [-0.4, -0.2) is 16.9 Å². The van der Waals surface area contributed by atoms with Crippen LogP contribution in [0.15, 0.2) is 16.6 Å². The third kappa shape index (κ3) is 3.56. The van der Waals surface area contributed by atoms with Gasteiger partial charge in [-0.2, -0.15) is 4.37 Å². The molecule has 112 valence electrons. The number of esters is 1. The molecule has 4 nitrogen and oxygen atoms in total. The molecule has 0 radical (unpaired) electrons. The van der Waals surface area contributed by atoms with Crippen molar-refractivity contribution in [3.63, 3.8) is 0 Å². The molecule has 1 aromatic carbocycles. The number of hydrogen-bond donors (Lipinski definition) is 1. The highest BCUT2D eigenvalue weighted by atomic mass is 79.9. The lowest BCUT2D eigenvalue weighted by Gasteiger charge is -2.10. The van der Waals surface area contributed by atoms with Crippen LogP contribution in [0.2, 0.25) is 5.02 Å². The van der Waals surface area contributed by atoms with E-state index in [0.717, 1.165) is 15.7 Å². The second-order valence-electron chi connectivity index (χ2n) is 4.40. The molecule has 0 fully saturated rings. The summed E-state index contributed by atoms with van der Waals surface area (Å²) in [5.74, 6) is -0.374. The summed E-state index contributed by atoms with van der Waals surface area (Å²) in [5, 5.41) is 4.49. The molecule has 0 atom stereocenters. The number of aryl methyl sites for hydroxylation is 2. The molecule has 1 N–H and O–H groups in total. The molecule has 1 heterocycles. The Labute approximate surface area is 140 Å². The number of anilines is 2. The van der Waals surface area contributed by atoms with Gasteiger partial charge in [0, 0.05) is 9.50 Å². The summed E-state index contributed by atoms with van der Waals surface area (Å²) in [6, 6.07) is 3.73. The van der Waals surface area contributed by atoms with Gasteiger partial charge in [-0.1, -0.05) is 11.6 Å². The van der Waals surface area contributed by atoms with Crippen molar-refractivity contribution in [2.75, 3.05) is 11.9 Å². The second-order valence-corrected chi connectivity index (χ2v) is 6.43. The lowest BCUT2D eigenvalue weighted by atomic mass is 10.2. The zero-order valence-corrected chi connectivity index (χ0v) is 14.9. The van der Waals surface area contributed by atoms with E-state index in [2.05, 4.69) is 25.6 Å². The van der Waals surface area contributed by atoms with Gasteiger partial charge in [0.25, 0.3) is 0 Å². The van der Waals surface area contributed by atoms with Crippen molar-refractivity contribution in [2.24, 2.45) is 0 Å². The Morgan fingerprint density at radius 2 is 2.19 bits per heavy atom. The highest BCUT2D eigenvalue weighted by molar-refractivity contribution is 9.10. The molecule has 2 aromatic rings. The minimum absolute atomic E-state index is 0.327. The summed E-state index contributed by atoms with van der Waals surface area (Å²) in [4.78, 5) is 12.0. The van der Waals surface area contributed by atoms with E-state index >= 15 is 0 Å². The van der Waals surface area contributed by atoms with E-state index in [9.17, 15) is 4.79 Å². The van der Waals surface area contributed by atoms with Crippen molar-refractivity contribution < 1.29 is 9.53 Å². The zero-order valence-electron chi connectivity index (χ0n) is 11.8. The van der Waals surface area contributed by atoms with Crippen LogP contribution in [0.1, 0.15) is 28.5 Å². The maximum absolute atomic E-state index is 12.0. The van der Waals surface area contributed by atoms with Crippen LogP contribution < -0.4 is 5.32 Å². The lowest BCUT2D eigenvalue weighted by molar-refractivity contribution is 0.0527. The molecule has 0 saturated heterocycles. The van der Waals surface area contributed by atoms with Crippen LogP contribution in [0.4, 0.5) is 10.7 Å². The van der Waals surface area contributed by atoms with Gasteiger partial charge in [-0.05, 0) is 65.9 Å². The van der Waals surface area contributed by atoms with Gasteiger partial charge < -0.3 is 10.1 Å². The molecular weight excluding hydrogens is 376 g/mol. The Morgan fingerprint density at radius 3 is 2.86 bits per heavy atom. The quantitative estimate of drug-likeness (QED) is 0.739. The summed E-state index contributed by atoms with van der Waals surface area (Å²) in [5.41, 5.74) is 2.86. The van der Waals surface area contributed by atoms with Crippen LogP contribution in [0, 0.1) is 13.8 Å². The SMILES string of the molecule is CCOC(=O)c1c(C)nsc1Nc1cc(Cl)c(C)cc1Br. The first-order valence-electron chi connectivity index (χ1n) is 6.30. The Morgan fingerprint density at radius 1 is 1.48 bits per heavy atom. The van der Waals surface area contributed by atoms with Crippen molar-refractivity contribution >= 4 is 55.7 Å². The molecular formula is C14H14BrClN2O2S. The van der Waals surface area contributed by atoms with E-state index in [0.29, 0.717) is 27.9 Å². The number of carbonyl (C=O) groups excluding carboxylic acids is 1. The maximum atomic E-state index is 12.0. The standard InChI is InChI=1S/C14H14BrClN2O2S/c1-4-20-14(19)12-8(3)18-21-13(12)17-11-6-10(16)7(2)5-9(11)15/h5-6,17H,4H2,1-3H3. The summed E-state index contributed by atoms with van der Waals surface area (Å²) in [7, 11) is 0. The fourth-order valence-corrected chi connectivity index (χ4v) is 3.28. The van der Waals surface area contributed by atoms with Crippen LogP contribution in [-0.2, 0) is 4.74 Å². The fraction of sp³-hybridized carbons (Fsp3) is 0.286. The molecule has 0 saturated carbocycles. The Kier molecular flexibility index (Phi) is 5.24. The second kappa shape index (κ2) is 6.77. The molecule has 0 unspecified atom stereocenters. The average molecular weight is 390 g/mol. The van der Waals surface area contributed by atoms with Gasteiger partial charge >= 0.3 is 5.97 Å². The Hall–Kier alpha value is -1.11. The van der Waals surface area contributed by atoms with Crippen LogP contribution in [0.5, 0.6) is 0 Å². The first-order chi connectivity index (χ1) is 9.93. The van der Waals surface area contributed by atoms with E-state index < -0.39 is 0 Å². The van der Waals surface area contributed by atoms with E-state index in [1.165, 1.54) is 11.5 Å². The minimum Gasteiger partial charge on any atom is -0.462 e. The van der Waals surface area contributed by atoms with E-state index in [-0.39, 0.29) is 5.97 Å². The first kappa shape index (κ1) is 16.3. The molecule has 21 heavy (non-hydrogen) atoms. The van der Waals surface area contributed by atoms with Crippen LogP contribution >= 0.6 is 39.1 Å². The van der Waals surface area contributed by atoms with Gasteiger partial charge in [0.1, 0.15) is 10.6 Å². The van der Waals surface area contributed by atoms with E-state index in [1.807, 2.05) is 19.1 Å². The molecule has 0 bridgehead atoms. The fourth-order valence-electron chi connectivity index (χ4n) is 1.76. The van der Waals surface area contributed by atoms with Gasteiger partial charge in [-0.15, -0.1) is 0 Å². The zero-order chi connectivity index (χ0) is 15.6. The summed E-state index contributed by atoms with van der Waals surface area (Å²) in [6.07, 6.45) is 0. The number of nitrogens with zero attached hydrogens (tertiary/aromatic N) is 1. The van der Waals surface area contributed by atoms with Gasteiger partial charge in [0.05, 0.1) is 18.0 Å². The lowest BCUT2D eigenvalue weighted by Crippen LogP contribution is -2.07. The number of rotatable bonds is 4. The average Bonchev–Trinajstić information content (AvgIpc) is 2.77. The van der Waals surface area contributed by atoms with E-state index in [1.54, 1.807) is 13.8 Å². The molecule has 2 rings (SSSR count). The third-order valence-corrected chi connectivity index (χ3v) is 4.76. The Bertz CT molecular complexity index is 688. The van der Waals surface area contributed by atoms with Crippen LogP contribution in [0.3, 0.4) is 0 Å². The van der Waals surface area contributed by atoms with Gasteiger partial charge in [-0.3, -0.25) is 0 Å². The number of nitrogens with one attached hydrogen (secondary N) is 1. The number of carbonyl (C=O) groups is 1. The number of halogens is 2. The van der Waals surface area contributed by atoms with Crippen molar-refractivity contribution in [1.29, 1.82) is 0 Å². The molecule has 1 aromatic heterocycles. The summed E-state index contributed by atoms with van der Waals surface area (Å²) < 4.78 is 10.2. The molecule has 0 aliphatic heterocycles. The molecule has 7 heteroatoms. The Balaban J connectivity index is 2.37. The van der Waals surface area contributed by atoms with E-state index in [4.69, 9.17) is 16.3 Å². The van der Waals surface area contributed by atoms with Crippen molar-refractivity contribution in [2.45, 2.75) is 20.8 Å². The molecule has 0 spiro atoms. The predicted molar refractivity (Wildman–Crippen MR) is 90.0 cm³/mol. The number of benzene rings is 1. The summed E-state index contributed by atoms with van der Waals surface area (Å²) in [6.45, 7) is 5.81. The first-order valence-corrected chi connectivity index (χ1v) is 8.24. The van der Waals surface area contributed by atoms with Gasteiger partial charge in [-0.25, -0.2) is 4.79 Å². The van der Waals surface area contributed by atoms with Crippen LogP contribution in [0.25, 0.3) is 0 Å². The topological polar surface area (TPSA) is 51.2 Å². The monoisotopic (exact) mass is 388 g/mol. The minimum atomic E-state index is -0.374. The molecule has 0 aliphatic carbocycles. The highest BCUT2D eigenvalue weighted by Gasteiger charge is 2.20. The number of aromatic nitrogens is 1. The number of hydrogen-bond acceptors (Lipinski definition) is 5. The largest absolute Gasteiger partial charge is 0.462 e. The smallest absolute Gasteiger partial charge is 0.343 e. The van der Waals surface area contributed by atoms with Crippen molar-refractivity contribution in [3.8, 4) is 0 Å². The number of ether oxygens (including phenoxy) is 1. The summed E-state index contributed by atoms with van der Waals surface area (Å²) >= 11 is 10.8.